The lowest BCUT2D eigenvalue weighted by molar-refractivity contribution is 1.52. The van der Waals surface area contributed by atoms with Gasteiger partial charge in [0.1, 0.15) is 0 Å². The van der Waals surface area contributed by atoms with Crippen LogP contribution in [0.1, 0.15) is 11.1 Å². The number of benzene rings is 4. The van der Waals surface area contributed by atoms with Crippen LogP contribution in [0.15, 0.2) is 116 Å². The Balaban J connectivity index is 0.000000130. The number of rotatable bonds is 2. The van der Waals surface area contributed by atoms with Crippen LogP contribution in [0.4, 0.5) is 0 Å². The van der Waals surface area contributed by atoms with Gasteiger partial charge in [-0.05, 0) is 39.0 Å². The molecular formula is C26H20. The maximum atomic E-state index is 4.10. The van der Waals surface area contributed by atoms with Crippen LogP contribution < -0.4 is 0 Å². The summed E-state index contributed by atoms with van der Waals surface area (Å²) in [5.74, 6) is 0. The van der Waals surface area contributed by atoms with Gasteiger partial charge in [-0.2, -0.15) is 0 Å². The van der Waals surface area contributed by atoms with E-state index in [0.29, 0.717) is 0 Å². The van der Waals surface area contributed by atoms with Crippen LogP contribution in [0.5, 0.6) is 0 Å². The largest absolute Gasteiger partial charge is 0.0906 e. The second-order valence-corrected chi connectivity index (χ2v) is 6.30. The maximum absolute atomic E-state index is 4.10. The fourth-order valence-corrected chi connectivity index (χ4v) is 3.29. The molecule has 124 valence electrons. The molecule has 0 heterocycles. The minimum absolute atomic E-state index is 1.08. The van der Waals surface area contributed by atoms with E-state index in [9.17, 15) is 0 Å². The van der Waals surface area contributed by atoms with Gasteiger partial charge < -0.3 is 0 Å². The van der Waals surface area contributed by atoms with Crippen LogP contribution in [0.2, 0.25) is 0 Å². The van der Waals surface area contributed by atoms with E-state index in [1.165, 1.54) is 33.4 Å². The first-order valence-corrected chi connectivity index (χ1v) is 8.83. The van der Waals surface area contributed by atoms with Gasteiger partial charge in [0.15, 0.2) is 0 Å². The molecule has 1 aliphatic rings. The van der Waals surface area contributed by atoms with E-state index < -0.39 is 0 Å². The molecule has 4 aromatic rings. The van der Waals surface area contributed by atoms with Crippen molar-refractivity contribution in [1.29, 1.82) is 0 Å². The average Bonchev–Trinajstić information content (AvgIpc) is 2.73. The van der Waals surface area contributed by atoms with Crippen molar-refractivity contribution in [3.63, 3.8) is 0 Å². The summed E-state index contributed by atoms with van der Waals surface area (Å²) in [7, 11) is 0. The molecule has 0 saturated carbocycles. The molecule has 0 N–H and O–H groups in total. The summed E-state index contributed by atoms with van der Waals surface area (Å²) < 4.78 is 0. The summed E-state index contributed by atoms with van der Waals surface area (Å²) in [5, 5.41) is 0. The highest BCUT2D eigenvalue weighted by atomic mass is 14.2. The van der Waals surface area contributed by atoms with Gasteiger partial charge in [0, 0.05) is 0 Å². The van der Waals surface area contributed by atoms with E-state index in [0.717, 1.165) is 5.57 Å². The fraction of sp³-hybridized carbons (Fsp3) is 0. The van der Waals surface area contributed by atoms with E-state index in [-0.39, 0.29) is 0 Å². The van der Waals surface area contributed by atoms with Gasteiger partial charge >= 0.3 is 0 Å². The van der Waals surface area contributed by atoms with Gasteiger partial charge in [-0.25, -0.2) is 0 Å². The number of fused-ring (bicyclic) bond motifs is 4. The molecule has 0 spiro atoms. The summed E-state index contributed by atoms with van der Waals surface area (Å²) in [6.07, 6.45) is 0. The van der Waals surface area contributed by atoms with E-state index in [4.69, 9.17) is 0 Å². The maximum Gasteiger partial charge on any atom is -0.00990 e. The third-order valence-electron chi connectivity index (χ3n) is 4.68. The molecule has 4 aromatic carbocycles. The van der Waals surface area contributed by atoms with Crippen LogP contribution in [-0.2, 0) is 0 Å². The molecule has 0 radical (unpaired) electrons. The molecule has 0 atom stereocenters. The number of hydrogen-bond donors (Lipinski definition) is 0. The van der Waals surface area contributed by atoms with E-state index >= 15 is 0 Å². The van der Waals surface area contributed by atoms with E-state index in [1.54, 1.807) is 0 Å². The third kappa shape index (κ3) is 3.10. The van der Waals surface area contributed by atoms with Crippen LogP contribution in [-0.4, -0.2) is 0 Å². The van der Waals surface area contributed by atoms with E-state index in [1.807, 2.05) is 36.4 Å². The van der Waals surface area contributed by atoms with Crippen molar-refractivity contribution in [3.05, 3.63) is 127 Å². The van der Waals surface area contributed by atoms with Crippen molar-refractivity contribution < 1.29 is 0 Å². The Kier molecular flexibility index (Phi) is 4.49. The third-order valence-corrected chi connectivity index (χ3v) is 4.68. The zero-order valence-corrected chi connectivity index (χ0v) is 14.6. The Hall–Kier alpha value is -3.38. The van der Waals surface area contributed by atoms with Crippen LogP contribution in [0, 0.1) is 0 Å². The first kappa shape index (κ1) is 16.1. The van der Waals surface area contributed by atoms with Crippen molar-refractivity contribution in [2.45, 2.75) is 0 Å². The molecule has 0 heteroatoms. The lowest BCUT2D eigenvalue weighted by atomic mass is 9.81. The molecule has 0 fully saturated rings. The average molecular weight is 332 g/mol. The summed E-state index contributed by atoms with van der Waals surface area (Å²) in [5.41, 5.74) is 9.02. The Bertz CT molecular complexity index is 886. The van der Waals surface area contributed by atoms with Crippen molar-refractivity contribution in [1.82, 2.24) is 0 Å². The second kappa shape index (κ2) is 7.25. The predicted octanol–water partition coefficient (Wildman–Crippen LogP) is 7.08. The Morgan fingerprint density at radius 1 is 0.385 bits per heavy atom. The van der Waals surface area contributed by atoms with Crippen LogP contribution >= 0.6 is 0 Å². The molecule has 0 nitrogen and oxygen atoms in total. The number of hydrogen-bond acceptors (Lipinski definition) is 0. The Morgan fingerprint density at radius 2 is 0.654 bits per heavy atom. The monoisotopic (exact) mass is 332 g/mol. The highest BCUT2D eigenvalue weighted by Gasteiger charge is 2.19. The van der Waals surface area contributed by atoms with Crippen molar-refractivity contribution in [3.8, 4) is 22.3 Å². The molecule has 5 rings (SSSR count). The molecule has 0 aromatic heterocycles. The normalized spacial score (nSPS) is 10.5. The molecule has 1 aliphatic carbocycles. The molecule has 0 unspecified atom stereocenters. The Labute approximate surface area is 155 Å². The lowest BCUT2D eigenvalue weighted by Gasteiger charge is -2.22. The highest BCUT2D eigenvalue weighted by Crippen LogP contribution is 2.46. The van der Waals surface area contributed by atoms with Gasteiger partial charge in [0.25, 0.3) is 0 Å². The first-order valence-electron chi connectivity index (χ1n) is 8.83. The molecule has 0 saturated heterocycles. The SMILES string of the molecule is C=C(c1ccccc1)c1ccccc1.c1ccc2c(c1)-c1ccccc1-2. The highest BCUT2D eigenvalue weighted by molar-refractivity contribution is 6.02. The summed E-state index contributed by atoms with van der Waals surface area (Å²) in [4.78, 5) is 0. The van der Waals surface area contributed by atoms with E-state index in [2.05, 4.69) is 79.4 Å². The van der Waals surface area contributed by atoms with Crippen LogP contribution in [0.3, 0.4) is 0 Å². The zero-order valence-electron chi connectivity index (χ0n) is 14.6. The topological polar surface area (TPSA) is 0 Å². The van der Waals surface area contributed by atoms with Gasteiger partial charge in [0.2, 0.25) is 0 Å². The second-order valence-electron chi connectivity index (χ2n) is 6.30. The summed E-state index contributed by atoms with van der Waals surface area (Å²) in [6.45, 7) is 4.10. The van der Waals surface area contributed by atoms with Crippen molar-refractivity contribution >= 4 is 5.57 Å². The molecule has 0 aliphatic heterocycles. The predicted molar refractivity (Wildman–Crippen MR) is 112 cm³/mol. The molecule has 0 bridgehead atoms. The van der Waals surface area contributed by atoms with Crippen molar-refractivity contribution in [2.24, 2.45) is 0 Å². The zero-order chi connectivity index (χ0) is 17.8. The smallest absolute Gasteiger partial charge is 0.00990 e. The molecule has 26 heavy (non-hydrogen) atoms. The lowest BCUT2D eigenvalue weighted by Crippen LogP contribution is -1.96. The van der Waals surface area contributed by atoms with Crippen LogP contribution in [0.25, 0.3) is 27.8 Å². The van der Waals surface area contributed by atoms with Gasteiger partial charge in [0.05, 0.1) is 0 Å². The van der Waals surface area contributed by atoms with Gasteiger partial charge in [-0.3, -0.25) is 0 Å². The van der Waals surface area contributed by atoms with Gasteiger partial charge in [-0.1, -0.05) is 116 Å². The quantitative estimate of drug-likeness (QED) is 0.324. The standard InChI is InChI=1S/C14H12.C12H8/c1-12(13-8-4-2-5-9-13)14-10-6-3-7-11-14;1-2-6-10-9(5-1)11-7-3-4-8-12(10)11/h2-11H,1H2;1-8H. The molecule has 0 amide bonds. The Morgan fingerprint density at radius 3 is 0.962 bits per heavy atom. The summed E-state index contributed by atoms with van der Waals surface area (Å²) >= 11 is 0. The minimum Gasteiger partial charge on any atom is -0.0906 e. The van der Waals surface area contributed by atoms with Crippen molar-refractivity contribution in [2.75, 3.05) is 0 Å². The molecular weight excluding hydrogens is 312 g/mol. The fourth-order valence-electron chi connectivity index (χ4n) is 3.29. The first-order chi connectivity index (χ1) is 12.8. The van der Waals surface area contributed by atoms with Gasteiger partial charge in [-0.15, -0.1) is 0 Å². The minimum atomic E-state index is 1.08. The summed E-state index contributed by atoms with van der Waals surface area (Å²) in [6, 6.07) is 37.6.